The van der Waals surface area contributed by atoms with Crippen LogP contribution in [0.1, 0.15) is 11.4 Å². The van der Waals surface area contributed by atoms with Crippen molar-refractivity contribution in [2.24, 2.45) is 0 Å². The predicted octanol–water partition coefficient (Wildman–Crippen LogP) is 5.09. The van der Waals surface area contributed by atoms with Crippen LogP contribution in [0, 0.1) is 6.92 Å². The Morgan fingerprint density at radius 1 is 0.963 bits per heavy atom. The number of aromatic amines is 1. The van der Waals surface area contributed by atoms with Gasteiger partial charge in [0.05, 0.1) is 22.5 Å². The van der Waals surface area contributed by atoms with E-state index in [1.54, 1.807) is 31.2 Å². The molecule has 0 bridgehead atoms. The molecule has 0 fully saturated rings. The molecule has 0 unspecified atom stereocenters. The minimum Gasteiger partial charge on any atom is -0.322 e. The van der Waals surface area contributed by atoms with Crippen molar-refractivity contribution in [3.8, 4) is 11.3 Å². The lowest BCUT2D eigenvalue weighted by Gasteiger charge is -2.14. The first-order valence-electron chi connectivity index (χ1n) is 8.14. The zero-order valence-corrected chi connectivity index (χ0v) is 14.2. The van der Waals surface area contributed by atoms with Gasteiger partial charge in [-0.1, -0.05) is 36.4 Å². The fourth-order valence-corrected chi connectivity index (χ4v) is 2.89. The molecule has 0 spiro atoms. The molecule has 0 saturated heterocycles. The van der Waals surface area contributed by atoms with Gasteiger partial charge in [-0.2, -0.15) is 18.2 Å². The summed E-state index contributed by atoms with van der Waals surface area (Å²) in [5.41, 5.74) is 0.655. The molecule has 136 valence electrons. The van der Waals surface area contributed by atoms with Gasteiger partial charge in [0, 0.05) is 10.9 Å². The van der Waals surface area contributed by atoms with E-state index in [4.69, 9.17) is 0 Å². The molecule has 0 atom stereocenters. The summed E-state index contributed by atoms with van der Waals surface area (Å²) in [4.78, 5) is 8.63. The standard InChI is InChI=1S/C19H14F3N5/c1-11-23-18(27-26-11)25-17-10-16(24-15-9-5-3-7-13(15)17)12-6-2-4-8-14(12)19(20,21)22/h2-10H,1H3,(H2,23,24,25,26,27). The first-order valence-corrected chi connectivity index (χ1v) is 8.14. The largest absolute Gasteiger partial charge is 0.417 e. The second kappa shape index (κ2) is 6.39. The van der Waals surface area contributed by atoms with Gasteiger partial charge in [0.2, 0.25) is 5.95 Å². The number of nitrogens with zero attached hydrogens (tertiary/aromatic N) is 3. The third-order valence-electron chi connectivity index (χ3n) is 4.07. The SMILES string of the molecule is Cc1nc(Nc2cc(-c3ccccc3C(F)(F)F)nc3ccccc23)n[nH]1. The van der Waals surface area contributed by atoms with Crippen molar-refractivity contribution in [2.45, 2.75) is 13.1 Å². The molecule has 27 heavy (non-hydrogen) atoms. The smallest absolute Gasteiger partial charge is 0.322 e. The lowest BCUT2D eigenvalue weighted by atomic mass is 10.0. The molecule has 8 heteroatoms. The average molecular weight is 369 g/mol. The molecule has 2 aromatic heterocycles. The van der Waals surface area contributed by atoms with Gasteiger partial charge in [-0.05, 0) is 25.1 Å². The molecule has 0 aliphatic heterocycles. The topological polar surface area (TPSA) is 66.5 Å². The maximum atomic E-state index is 13.4. The number of hydrogen-bond acceptors (Lipinski definition) is 4. The number of aryl methyl sites for hydroxylation is 1. The number of H-pyrrole nitrogens is 1. The van der Waals surface area contributed by atoms with Gasteiger partial charge < -0.3 is 5.32 Å². The second-order valence-electron chi connectivity index (χ2n) is 5.98. The third kappa shape index (κ3) is 3.33. The van der Waals surface area contributed by atoms with E-state index in [1.165, 1.54) is 12.1 Å². The summed E-state index contributed by atoms with van der Waals surface area (Å²) in [6, 6.07) is 14.2. The summed E-state index contributed by atoms with van der Waals surface area (Å²) in [6.07, 6.45) is -4.47. The lowest BCUT2D eigenvalue weighted by molar-refractivity contribution is -0.137. The van der Waals surface area contributed by atoms with E-state index < -0.39 is 11.7 Å². The normalized spacial score (nSPS) is 11.7. The zero-order chi connectivity index (χ0) is 19.0. The summed E-state index contributed by atoms with van der Waals surface area (Å²) in [6.45, 7) is 1.76. The van der Waals surface area contributed by atoms with E-state index in [9.17, 15) is 13.2 Å². The highest BCUT2D eigenvalue weighted by molar-refractivity contribution is 5.95. The van der Waals surface area contributed by atoms with E-state index in [1.807, 2.05) is 12.1 Å². The molecule has 0 aliphatic rings. The number of alkyl halides is 3. The van der Waals surface area contributed by atoms with E-state index in [-0.39, 0.29) is 11.3 Å². The number of rotatable bonds is 3. The van der Waals surface area contributed by atoms with E-state index in [2.05, 4.69) is 25.5 Å². The Morgan fingerprint density at radius 2 is 1.70 bits per heavy atom. The Labute approximate surface area is 152 Å². The van der Waals surface area contributed by atoms with Crippen LogP contribution in [0.25, 0.3) is 22.2 Å². The number of nitrogens with one attached hydrogen (secondary N) is 2. The molecule has 2 aromatic carbocycles. The maximum Gasteiger partial charge on any atom is 0.417 e. The highest BCUT2D eigenvalue weighted by atomic mass is 19.4. The number of anilines is 2. The summed E-state index contributed by atoms with van der Waals surface area (Å²) in [7, 11) is 0. The summed E-state index contributed by atoms with van der Waals surface area (Å²) in [5.74, 6) is 0.956. The van der Waals surface area contributed by atoms with Crippen LogP contribution in [-0.2, 0) is 6.18 Å². The van der Waals surface area contributed by atoms with Gasteiger partial charge in [0.15, 0.2) is 0 Å². The molecule has 0 aliphatic carbocycles. The van der Waals surface area contributed by atoms with Gasteiger partial charge in [0.1, 0.15) is 5.82 Å². The second-order valence-corrected chi connectivity index (χ2v) is 5.98. The quantitative estimate of drug-likeness (QED) is 0.528. The third-order valence-corrected chi connectivity index (χ3v) is 4.07. The number of para-hydroxylation sites is 1. The highest BCUT2D eigenvalue weighted by Gasteiger charge is 2.33. The summed E-state index contributed by atoms with van der Waals surface area (Å²) in [5, 5.41) is 10.6. The van der Waals surface area contributed by atoms with Crippen molar-refractivity contribution in [1.29, 1.82) is 0 Å². The Balaban J connectivity index is 1.91. The van der Waals surface area contributed by atoms with E-state index in [0.717, 1.165) is 11.5 Å². The molecular formula is C19H14F3N5. The van der Waals surface area contributed by atoms with E-state index in [0.29, 0.717) is 23.0 Å². The Kier molecular flexibility index (Phi) is 4.02. The van der Waals surface area contributed by atoms with Crippen molar-refractivity contribution < 1.29 is 13.2 Å². The Bertz CT molecular complexity index is 1120. The Hall–Kier alpha value is -3.42. The zero-order valence-electron chi connectivity index (χ0n) is 14.2. The van der Waals surface area contributed by atoms with Gasteiger partial charge in [-0.15, -0.1) is 5.10 Å². The van der Waals surface area contributed by atoms with Crippen LogP contribution in [0.2, 0.25) is 0 Å². The monoisotopic (exact) mass is 369 g/mol. The lowest BCUT2D eigenvalue weighted by Crippen LogP contribution is -2.07. The first-order chi connectivity index (χ1) is 12.9. The molecule has 5 nitrogen and oxygen atoms in total. The molecule has 4 aromatic rings. The van der Waals surface area contributed by atoms with Crippen LogP contribution in [0.5, 0.6) is 0 Å². The van der Waals surface area contributed by atoms with Crippen molar-refractivity contribution in [2.75, 3.05) is 5.32 Å². The molecule has 0 saturated carbocycles. The van der Waals surface area contributed by atoms with Crippen LogP contribution in [0.3, 0.4) is 0 Å². The molecule has 2 N–H and O–H groups in total. The van der Waals surface area contributed by atoms with Crippen LogP contribution < -0.4 is 5.32 Å². The minimum atomic E-state index is -4.47. The van der Waals surface area contributed by atoms with Gasteiger partial charge >= 0.3 is 6.18 Å². The molecule has 0 radical (unpaired) electrons. The minimum absolute atomic E-state index is 0.0185. The van der Waals surface area contributed by atoms with Gasteiger partial charge in [-0.25, -0.2) is 4.98 Å². The highest BCUT2D eigenvalue weighted by Crippen LogP contribution is 2.38. The molecular weight excluding hydrogens is 355 g/mol. The number of halogens is 3. The van der Waals surface area contributed by atoms with Crippen LogP contribution in [0.4, 0.5) is 24.8 Å². The molecule has 2 heterocycles. The number of fused-ring (bicyclic) bond motifs is 1. The van der Waals surface area contributed by atoms with Crippen molar-refractivity contribution >= 4 is 22.5 Å². The summed E-state index contributed by atoms with van der Waals surface area (Å²) < 4.78 is 40.3. The average Bonchev–Trinajstić information content (AvgIpc) is 3.06. The number of pyridine rings is 1. The van der Waals surface area contributed by atoms with Crippen molar-refractivity contribution in [3.05, 3.63) is 66.0 Å². The van der Waals surface area contributed by atoms with Crippen LogP contribution in [-0.4, -0.2) is 20.2 Å². The first kappa shape index (κ1) is 17.0. The number of hydrogen-bond donors (Lipinski definition) is 2. The van der Waals surface area contributed by atoms with Crippen molar-refractivity contribution in [1.82, 2.24) is 20.2 Å². The fraction of sp³-hybridized carbons (Fsp3) is 0.105. The number of benzene rings is 2. The van der Waals surface area contributed by atoms with Gasteiger partial charge in [-0.3, -0.25) is 5.10 Å². The van der Waals surface area contributed by atoms with Crippen LogP contribution in [0.15, 0.2) is 54.6 Å². The van der Waals surface area contributed by atoms with Crippen LogP contribution >= 0.6 is 0 Å². The van der Waals surface area contributed by atoms with Crippen molar-refractivity contribution in [3.63, 3.8) is 0 Å². The fourth-order valence-electron chi connectivity index (χ4n) is 2.89. The molecule has 0 amide bonds. The Morgan fingerprint density at radius 3 is 2.44 bits per heavy atom. The van der Waals surface area contributed by atoms with E-state index >= 15 is 0 Å². The maximum absolute atomic E-state index is 13.4. The number of aromatic nitrogens is 4. The van der Waals surface area contributed by atoms with Gasteiger partial charge in [0.25, 0.3) is 0 Å². The summed E-state index contributed by atoms with van der Waals surface area (Å²) >= 11 is 0. The predicted molar refractivity (Wildman–Crippen MR) is 96.6 cm³/mol. The molecule has 4 rings (SSSR count).